The van der Waals surface area contributed by atoms with Crippen molar-refractivity contribution in [1.29, 1.82) is 0 Å². The molecule has 1 saturated heterocycles. The minimum atomic E-state index is -0.298. The molecule has 2 heterocycles. The van der Waals surface area contributed by atoms with Gasteiger partial charge in [-0.2, -0.15) is 0 Å². The second kappa shape index (κ2) is 4.64. The Balaban J connectivity index is 2.15. The van der Waals surface area contributed by atoms with Crippen LogP contribution in [0.4, 0.5) is 5.69 Å². The summed E-state index contributed by atoms with van der Waals surface area (Å²) in [6.45, 7) is 6.93. The van der Waals surface area contributed by atoms with E-state index in [1.807, 2.05) is 4.90 Å². The highest BCUT2D eigenvalue weighted by Crippen LogP contribution is 2.47. The van der Waals surface area contributed by atoms with Crippen LogP contribution >= 0.6 is 0 Å². The predicted octanol–water partition coefficient (Wildman–Crippen LogP) is 2.37. The highest BCUT2D eigenvalue weighted by molar-refractivity contribution is 6.08. The van der Waals surface area contributed by atoms with Crippen molar-refractivity contribution in [3.63, 3.8) is 0 Å². The first kappa shape index (κ1) is 12.7. The van der Waals surface area contributed by atoms with E-state index in [0.29, 0.717) is 5.91 Å². The zero-order valence-corrected chi connectivity index (χ0v) is 11.8. The van der Waals surface area contributed by atoms with Crippen molar-refractivity contribution in [2.24, 2.45) is 0 Å². The number of carbonyl (C=O) groups excluding carboxylic acids is 1. The van der Waals surface area contributed by atoms with Gasteiger partial charge in [-0.15, -0.1) is 0 Å². The summed E-state index contributed by atoms with van der Waals surface area (Å²) in [4.78, 5) is 15.0. The molecule has 1 spiro atoms. The van der Waals surface area contributed by atoms with Gasteiger partial charge in [0.05, 0.1) is 5.41 Å². The van der Waals surface area contributed by atoms with Crippen molar-refractivity contribution in [2.45, 2.75) is 38.5 Å². The van der Waals surface area contributed by atoms with Gasteiger partial charge in [-0.3, -0.25) is 4.79 Å². The average Bonchev–Trinajstić information content (AvgIpc) is 2.64. The molecule has 1 fully saturated rings. The second-order valence-electron chi connectivity index (χ2n) is 5.79. The number of fused-ring (bicyclic) bond motifs is 2. The molecule has 1 aromatic rings. The van der Waals surface area contributed by atoms with E-state index in [1.165, 1.54) is 11.1 Å². The summed E-state index contributed by atoms with van der Waals surface area (Å²) in [5, 5.41) is 3.43. The number of aryl methyl sites for hydroxylation is 1. The third kappa shape index (κ3) is 1.71. The quantitative estimate of drug-likeness (QED) is 0.883. The molecule has 3 rings (SSSR count). The molecule has 2 aliphatic heterocycles. The molecule has 102 valence electrons. The van der Waals surface area contributed by atoms with Crippen LogP contribution in [-0.4, -0.2) is 25.5 Å². The van der Waals surface area contributed by atoms with E-state index in [-0.39, 0.29) is 5.41 Å². The molecule has 1 N–H and O–H groups in total. The largest absolute Gasteiger partial charge is 0.315 e. The first-order valence-electron chi connectivity index (χ1n) is 7.33. The molecule has 19 heavy (non-hydrogen) atoms. The number of carbonyl (C=O) groups is 1. The lowest BCUT2D eigenvalue weighted by molar-refractivity contribution is -0.123. The molecule has 0 aliphatic carbocycles. The van der Waals surface area contributed by atoms with Gasteiger partial charge in [-0.25, -0.2) is 0 Å². The van der Waals surface area contributed by atoms with Gasteiger partial charge in [0.15, 0.2) is 0 Å². The van der Waals surface area contributed by atoms with Crippen LogP contribution in [0.2, 0.25) is 0 Å². The van der Waals surface area contributed by atoms with Crippen molar-refractivity contribution in [3.8, 4) is 0 Å². The number of hydrogen-bond acceptors (Lipinski definition) is 2. The van der Waals surface area contributed by atoms with E-state index in [0.717, 1.165) is 44.6 Å². The lowest BCUT2D eigenvalue weighted by Gasteiger charge is -2.33. The van der Waals surface area contributed by atoms with Crippen LogP contribution in [0.25, 0.3) is 0 Å². The normalized spacial score (nSPS) is 26.0. The predicted molar refractivity (Wildman–Crippen MR) is 77.6 cm³/mol. The van der Waals surface area contributed by atoms with E-state index in [1.54, 1.807) is 0 Å². The summed E-state index contributed by atoms with van der Waals surface area (Å²) >= 11 is 0. The topological polar surface area (TPSA) is 32.3 Å². The fourth-order valence-corrected chi connectivity index (χ4v) is 3.72. The Bertz CT molecular complexity index is 503. The van der Waals surface area contributed by atoms with E-state index in [2.05, 4.69) is 37.4 Å². The minimum Gasteiger partial charge on any atom is -0.315 e. The number of nitrogens with one attached hydrogen (secondary N) is 1. The Morgan fingerprint density at radius 3 is 2.95 bits per heavy atom. The summed E-state index contributed by atoms with van der Waals surface area (Å²) < 4.78 is 0. The Labute approximate surface area is 115 Å². The molecule has 0 saturated carbocycles. The lowest BCUT2D eigenvalue weighted by atomic mass is 9.74. The molecule has 0 bridgehead atoms. The SMILES string of the molecule is CCCN1C(=O)[C@]2(CCCNC2)c2c(C)cccc21. The highest BCUT2D eigenvalue weighted by Gasteiger charge is 2.51. The molecule has 1 amide bonds. The Kier molecular flexibility index (Phi) is 3.09. The van der Waals surface area contributed by atoms with Crippen LogP contribution in [0, 0.1) is 6.92 Å². The first-order valence-corrected chi connectivity index (χ1v) is 7.33. The van der Waals surface area contributed by atoms with Crippen LogP contribution < -0.4 is 10.2 Å². The van der Waals surface area contributed by atoms with Gasteiger partial charge in [0.25, 0.3) is 0 Å². The summed E-state index contributed by atoms with van der Waals surface area (Å²) in [5.74, 6) is 0.311. The summed E-state index contributed by atoms with van der Waals surface area (Å²) in [6, 6.07) is 6.32. The number of rotatable bonds is 2. The van der Waals surface area contributed by atoms with Crippen LogP contribution in [0.3, 0.4) is 0 Å². The third-order valence-electron chi connectivity index (χ3n) is 4.51. The fraction of sp³-hybridized carbons (Fsp3) is 0.562. The van der Waals surface area contributed by atoms with Crippen molar-refractivity contribution in [2.75, 3.05) is 24.5 Å². The van der Waals surface area contributed by atoms with Gasteiger partial charge < -0.3 is 10.2 Å². The Morgan fingerprint density at radius 2 is 2.26 bits per heavy atom. The van der Waals surface area contributed by atoms with Gasteiger partial charge >= 0.3 is 0 Å². The van der Waals surface area contributed by atoms with Crippen molar-refractivity contribution >= 4 is 11.6 Å². The van der Waals surface area contributed by atoms with Gasteiger partial charge in [0.2, 0.25) is 5.91 Å². The number of piperidine rings is 1. The number of nitrogens with zero attached hydrogens (tertiary/aromatic N) is 1. The first-order chi connectivity index (χ1) is 9.20. The molecule has 0 aromatic heterocycles. The number of anilines is 1. The van der Waals surface area contributed by atoms with E-state index >= 15 is 0 Å². The fourth-order valence-electron chi connectivity index (χ4n) is 3.72. The van der Waals surface area contributed by atoms with Crippen LogP contribution in [0.5, 0.6) is 0 Å². The Morgan fingerprint density at radius 1 is 1.42 bits per heavy atom. The molecule has 1 aromatic carbocycles. The van der Waals surface area contributed by atoms with Crippen LogP contribution in [0.1, 0.15) is 37.3 Å². The molecule has 3 nitrogen and oxygen atoms in total. The maximum atomic E-state index is 13.0. The summed E-state index contributed by atoms with van der Waals surface area (Å²) in [5.41, 5.74) is 3.39. The zero-order chi connectivity index (χ0) is 13.5. The Hall–Kier alpha value is -1.35. The standard InChI is InChI=1S/C16H22N2O/c1-3-10-18-13-7-4-6-12(2)14(13)16(15(18)19)8-5-9-17-11-16/h4,6-7,17H,3,5,8-11H2,1-2H3/t16-/m0/s1. The average molecular weight is 258 g/mol. The monoisotopic (exact) mass is 258 g/mol. The molecule has 1 atom stereocenters. The van der Waals surface area contributed by atoms with Crippen molar-refractivity contribution in [1.82, 2.24) is 5.32 Å². The van der Waals surface area contributed by atoms with Crippen LogP contribution in [0.15, 0.2) is 18.2 Å². The summed E-state index contributed by atoms with van der Waals surface area (Å²) in [7, 11) is 0. The maximum absolute atomic E-state index is 13.0. The molecule has 0 unspecified atom stereocenters. The zero-order valence-electron chi connectivity index (χ0n) is 11.8. The molecule has 0 radical (unpaired) electrons. The number of amides is 1. The second-order valence-corrected chi connectivity index (χ2v) is 5.79. The van der Waals surface area contributed by atoms with E-state index in [9.17, 15) is 4.79 Å². The molecule has 2 aliphatic rings. The van der Waals surface area contributed by atoms with E-state index < -0.39 is 0 Å². The molecular formula is C16H22N2O. The van der Waals surface area contributed by atoms with Crippen molar-refractivity contribution < 1.29 is 4.79 Å². The smallest absolute Gasteiger partial charge is 0.239 e. The summed E-state index contributed by atoms with van der Waals surface area (Å²) in [6.07, 6.45) is 3.07. The van der Waals surface area contributed by atoms with Gasteiger partial charge in [-0.05, 0) is 49.9 Å². The molecule has 3 heteroatoms. The van der Waals surface area contributed by atoms with Gasteiger partial charge in [-0.1, -0.05) is 19.1 Å². The van der Waals surface area contributed by atoms with Gasteiger partial charge in [0, 0.05) is 18.8 Å². The lowest BCUT2D eigenvalue weighted by Crippen LogP contribution is -2.50. The maximum Gasteiger partial charge on any atom is 0.239 e. The van der Waals surface area contributed by atoms with Gasteiger partial charge in [0.1, 0.15) is 0 Å². The van der Waals surface area contributed by atoms with Crippen molar-refractivity contribution in [3.05, 3.63) is 29.3 Å². The number of benzene rings is 1. The van der Waals surface area contributed by atoms with E-state index in [4.69, 9.17) is 0 Å². The highest BCUT2D eigenvalue weighted by atomic mass is 16.2. The van der Waals surface area contributed by atoms with Crippen LogP contribution in [-0.2, 0) is 10.2 Å². The number of hydrogen-bond donors (Lipinski definition) is 1. The molecular weight excluding hydrogens is 236 g/mol. The minimum absolute atomic E-state index is 0.298. The third-order valence-corrected chi connectivity index (χ3v) is 4.51.